The fraction of sp³-hybridized carbons (Fsp3) is 0.263. The zero-order valence-electron chi connectivity index (χ0n) is 15.1. The van der Waals surface area contributed by atoms with Crippen molar-refractivity contribution >= 4 is 27.5 Å². The molecule has 0 saturated heterocycles. The first kappa shape index (κ1) is 17.4. The van der Waals surface area contributed by atoms with E-state index in [9.17, 15) is 4.79 Å². The molecule has 0 aliphatic carbocycles. The Morgan fingerprint density at radius 3 is 2.48 bits per heavy atom. The molecular weight excluding hydrogens is 368 g/mol. The highest BCUT2D eigenvalue weighted by atomic mass is 32.1. The van der Waals surface area contributed by atoms with Crippen molar-refractivity contribution in [2.24, 2.45) is 12.0 Å². The Bertz CT molecular complexity index is 1100. The van der Waals surface area contributed by atoms with E-state index in [-0.39, 0.29) is 5.91 Å². The fourth-order valence-corrected chi connectivity index (χ4v) is 3.92. The Morgan fingerprint density at radius 1 is 1.07 bits per heavy atom. The number of aryl methyl sites for hydroxylation is 1. The van der Waals surface area contributed by atoms with E-state index in [4.69, 9.17) is 18.9 Å². The Kier molecular flexibility index (Phi) is 4.49. The van der Waals surface area contributed by atoms with Crippen LogP contribution in [0, 0.1) is 0 Å². The fourth-order valence-electron chi connectivity index (χ4n) is 2.89. The van der Waals surface area contributed by atoms with Crippen molar-refractivity contribution in [2.45, 2.75) is 0 Å². The number of hydrogen-bond acceptors (Lipinski definition) is 6. The summed E-state index contributed by atoms with van der Waals surface area (Å²) in [6, 6.07) is 8.82. The van der Waals surface area contributed by atoms with E-state index in [1.54, 1.807) is 25.3 Å². The smallest absolute Gasteiger partial charge is 0.279 e. The molecule has 0 radical (unpaired) electrons. The van der Waals surface area contributed by atoms with E-state index in [1.807, 2.05) is 23.7 Å². The summed E-state index contributed by atoms with van der Waals surface area (Å²) < 4.78 is 24.6. The zero-order chi connectivity index (χ0) is 19.0. The number of benzene rings is 2. The Hall–Kier alpha value is -3.00. The van der Waals surface area contributed by atoms with Crippen LogP contribution in [0.2, 0.25) is 0 Å². The van der Waals surface area contributed by atoms with E-state index < -0.39 is 0 Å². The second-order valence-corrected chi connectivity index (χ2v) is 6.90. The van der Waals surface area contributed by atoms with Crippen molar-refractivity contribution in [1.29, 1.82) is 0 Å². The number of aromatic nitrogens is 1. The minimum atomic E-state index is -0.352. The van der Waals surface area contributed by atoms with Gasteiger partial charge in [-0.2, -0.15) is 4.99 Å². The van der Waals surface area contributed by atoms with Crippen LogP contribution in [0.1, 0.15) is 10.4 Å². The molecule has 0 spiro atoms. The van der Waals surface area contributed by atoms with E-state index in [1.165, 1.54) is 18.4 Å². The van der Waals surface area contributed by atoms with Gasteiger partial charge >= 0.3 is 0 Å². The van der Waals surface area contributed by atoms with Crippen LogP contribution in [0.3, 0.4) is 0 Å². The minimum Gasteiger partial charge on any atom is -0.493 e. The van der Waals surface area contributed by atoms with Gasteiger partial charge in [-0.1, -0.05) is 11.3 Å². The average Bonchev–Trinajstić information content (AvgIpc) is 3.00. The highest BCUT2D eigenvalue weighted by Crippen LogP contribution is 2.35. The summed E-state index contributed by atoms with van der Waals surface area (Å²) in [4.78, 5) is 17.5. The molecule has 7 nitrogen and oxygen atoms in total. The Labute approximate surface area is 159 Å². The van der Waals surface area contributed by atoms with E-state index in [2.05, 4.69) is 4.99 Å². The normalized spacial score (nSPS) is 13.7. The maximum absolute atomic E-state index is 12.6. The Balaban J connectivity index is 1.76. The first-order chi connectivity index (χ1) is 13.1. The molecule has 2 aromatic carbocycles. The molecule has 0 saturated carbocycles. The third-order valence-corrected chi connectivity index (χ3v) is 5.40. The van der Waals surface area contributed by atoms with Crippen molar-refractivity contribution in [2.75, 3.05) is 27.4 Å². The molecule has 27 heavy (non-hydrogen) atoms. The number of ether oxygens (including phenoxy) is 4. The average molecular weight is 386 g/mol. The van der Waals surface area contributed by atoms with Crippen LogP contribution < -0.4 is 23.7 Å². The molecule has 1 aliphatic heterocycles. The third kappa shape index (κ3) is 3.12. The molecule has 1 aromatic heterocycles. The molecule has 3 aromatic rings. The Morgan fingerprint density at radius 2 is 1.78 bits per heavy atom. The number of hydrogen-bond donors (Lipinski definition) is 0. The summed E-state index contributed by atoms with van der Waals surface area (Å²) in [7, 11) is 4.95. The lowest BCUT2D eigenvalue weighted by Crippen LogP contribution is -2.15. The number of amides is 1. The van der Waals surface area contributed by atoms with Gasteiger partial charge in [0, 0.05) is 24.7 Å². The first-order valence-electron chi connectivity index (χ1n) is 8.31. The van der Waals surface area contributed by atoms with Gasteiger partial charge in [-0.05, 0) is 18.2 Å². The van der Waals surface area contributed by atoms with Crippen LogP contribution in [0.25, 0.3) is 10.2 Å². The number of rotatable bonds is 3. The SMILES string of the molecule is COc1ccc(C(=O)N=c2sc3cc4c(cc3n2C)OCCO4)cc1OC. The van der Waals surface area contributed by atoms with Gasteiger partial charge in [0.25, 0.3) is 5.91 Å². The molecule has 2 heterocycles. The topological polar surface area (TPSA) is 71.3 Å². The van der Waals surface area contributed by atoms with Crippen molar-refractivity contribution < 1.29 is 23.7 Å². The van der Waals surface area contributed by atoms with Gasteiger partial charge in [-0.15, -0.1) is 0 Å². The van der Waals surface area contributed by atoms with Gasteiger partial charge < -0.3 is 23.5 Å². The van der Waals surface area contributed by atoms with Gasteiger partial charge in [-0.25, -0.2) is 0 Å². The second kappa shape index (κ2) is 6.96. The molecule has 1 aliphatic rings. The predicted octanol–water partition coefficient (Wildman–Crippen LogP) is 2.77. The van der Waals surface area contributed by atoms with Crippen LogP contribution >= 0.6 is 11.3 Å². The lowest BCUT2D eigenvalue weighted by atomic mass is 10.2. The molecule has 140 valence electrons. The number of fused-ring (bicyclic) bond motifs is 2. The molecule has 0 fully saturated rings. The zero-order valence-corrected chi connectivity index (χ0v) is 16.0. The van der Waals surface area contributed by atoms with Gasteiger partial charge in [0.15, 0.2) is 27.8 Å². The molecule has 0 atom stereocenters. The minimum absolute atomic E-state index is 0.352. The maximum atomic E-state index is 12.6. The number of thiazole rings is 1. The van der Waals surface area contributed by atoms with Crippen LogP contribution in [0.5, 0.6) is 23.0 Å². The van der Waals surface area contributed by atoms with E-state index in [0.717, 1.165) is 10.2 Å². The van der Waals surface area contributed by atoms with Crippen molar-refractivity contribution in [1.82, 2.24) is 4.57 Å². The second-order valence-electron chi connectivity index (χ2n) is 5.89. The van der Waals surface area contributed by atoms with Gasteiger partial charge in [0.1, 0.15) is 13.2 Å². The quantitative estimate of drug-likeness (QED) is 0.692. The maximum Gasteiger partial charge on any atom is 0.279 e. The van der Waals surface area contributed by atoms with Crippen LogP contribution in [0.15, 0.2) is 35.3 Å². The van der Waals surface area contributed by atoms with Crippen molar-refractivity contribution in [3.8, 4) is 23.0 Å². The molecule has 4 rings (SSSR count). The summed E-state index contributed by atoms with van der Waals surface area (Å²) >= 11 is 1.42. The van der Waals surface area contributed by atoms with E-state index in [0.29, 0.717) is 46.6 Å². The lowest BCUT2D eigenvalue weighted by molar-refractivity contribution is 0.0997. The number of methoxy groups -OCH3 is 2. The third-order valence-electron chi connectivity index (χ3n) is 4.30. The predicted molar refractivity (Wildman–Crippen MR) is 101 cm³/mol. The summed E-state index contributed by atoms with van der Waals surface area (Å²) in [5.41, 5.74) is 1.36. The number of carbonyl (C=O) groups excluding carboxylic acids is 1. The monoisotopic (exact) mass is 386 g/mol. The molecule has 0 N–H and O–H groups in total. The first-order valence-corrected chi connectivity index (χ1v) is 9.12. The standard InChI is InChI=1S/C19H18N2O5S/c1-21-12-9-15-16(26-7-6-25-15)10-17(12)27-19(21)20-18(22)11-4-5-13(23-2)14(8-11)24-3/h4-5,8-10H,6-7H2,1-3H3. The van der Waals surface area contributed by atoms with E-state index >= 15 is 0 Å². The lowest BCUT2D eigenvalue weighted by Gasteiger charge is -2.18. The summed E-state index contributed by atoms with van der Waals surface area (Å²) in [6.45, 7) is 1.06. The van der Waals surface area contributed by atoms with Crippen molar-refractivity contribution in [3.63, 3.8) is 0 Å². The van der Waals surface area contributed by atoms with Crippen LogP contribution in [-0.4, -0.2) is 37.9 Å². The highest BCUT2D eigenvalue weighted by Gasteiger charge is 2.16. The van der Waals surface area contributed by atoms with Crippen LogP contribution in [0.4, 0.5) is 0 Å². The van der Waals surface area contributed by atoms with Gasteiger partial charge in [0.05, 0.1) is 24.4 Å². The summed E-state index contributed by atoms with van der Waals surface area (Å²) in [5, 5.41) is 0. The number of carbonyl (C=O) groups is 1. The molecular formula is C19H18N2O5S. The highest BCUT2D eigenvalue weighted by molar-refractivity contribution is 7.16. The summed E-state index contributed by atoms with van der Waals surface area (Å²) in [5.74, 6) is 2.12. The molecule has 1 amide bonds. The molecule has 0 unspecified atom stereocenters. The van der Waals surface area contributed by atoms with Gasteiger partial charge in [-0.3, -0.25) is 4.79 Å². The van der Waals surface area contributed by atoms with Crippen molar-refractivity contribution in [3.05, 3.63) is 40.7 Å². The van der Waals surface area contributed by atoms with Crippen LogP contribution in [-0.2, 0) is 7.05 Å². The summed E-state index contributed by atoms with van der Waals surface area (Å²) in [6.07, 6.45) is 0. The number of nitrogens with zero attached hydrogens (tertiary/aromatic N) is 2. The van der Waals surface area contributed by atoms with Gasteiger partial charge in [0.2, 0.25) is 0 Å². The largest absolute Gasteiger partial charge is 0.493 e. The molecule has 0 bridgehead atoms. The molecule has 8 heteroatoms.